The maximum Gasteiger partial charge on any atom is 0.0110 e. The van der Waals surface area contributed by atoms with Crippen LogP contribution in [0, 0.1) is 0 Å². The number of likely N-dealkylation sites (N-methyl/N-ethyl adjacent to an activating group) is 1. The first-order valence-corrected chi connectivity index (χ1v) is 6.86. The molecule has 1 atom stereocenters. The maximum absolute atomic E-state index is 3.59. The van der Waals surface area contributed by atoms with Gasteiger partial charge in [-0.1, -0.05) is 13.3 Å². The van der Waals surface area contributed by atoms with Gasteiger partial charge in [-0.15, -0.1) is 0 Å². The molecule has 0 aromatic heterocycles. The second kappa shape index (κ2) is 8.04. The van der Waals surface area contributed by atoms with Crippen LogP contribution in [0.4, 0.5) is 0 Å². The Kier molecular flexibility index (Phi) is 7.01. The molecule has 1 N–H and O–H groups in total. The smallest absolute Gasteiger partial charge is 0.0110 e. The molecule has 1 aliphatic heterocycles. The Morgan fingerprint density at radius 2 is 1.88 bits per heavy atom. The highest BCUT2D eigenvalue weighted by molar-refractivity contribution is 4.69. The van der Waals surface area contributed by atoms with Crippen LogP contribution in [-0.2, 0) is 0 Å². The molecule has 1 rings (SSSR count). The number of hydrogen-bond donors (Lipinski definition) is 1. The Labute approximate surface area is 101 Å². The van der Waals surface area contributed by atoms with Crippen LogP contribution < -0.4 is 5.32 Å². The van der Waals surface area contributed by atoms with Crippen LogP contribution >= 0.6 is 0 Å². The summed E-state index contributed by atoms with van der Waals surface area (Å²) in [4.78, 5) is 5.00. The third-order valence-electron chi connectivity index (χ3n) is 3.46. The van der Waals surface area contributed by atoms with Crippen molar-refractivity contribution in [1.29, 1.82) is 0 Å². The first kappa shape index (κ1) is 13.9. The summed E-state index contributed by atoms with van der Waals surface area (Å²) in [7, 11) is 2.21. The van der Waals surface area contributed by atoms with Gasteiger partial charge in [-0.2, -0.15) is 0 Å². The molecule has 0 bridgehead atoms. The van der Waals surface area contributed by atoms with E-state index in [2.05, 4.69) is 36.0 Å². The van der Waals surface area contributed by atoms with Crippen molar-refractivity contribution in [1.82, 2.24) is 15.1 Å². The lowest BCUT2D eigenvalue weighted by Crippen LogP contribution is -2.45. The van der Waals surface area contributed by atoms with Gasteiger partial charge in [0.15, 0.2) is 0 Å². The number of piperazine rings is 1. The zero-order valence-electron chi connectivity index (χ0n) is 11.3. The summed E-state index contributed by atoms with van der Waals surface area (Å²) in [5, 5.41) is 3.59. The van der Waals surface area contributed by atoms with Crippen LogP contribution in [0.25, 0.3) is 0 Å². The summed E-state index contributed by atoms with van der Waals surface area (Å²) < 4.78 is 0. The van der Waals surface area contributed by atoms with E-state index >= 15 is 0 Å². The first-order valence-electron chi connectivity index (χ1n) is 6.86. The highest BCUT2D eigenvalue weighted by atomic mass is 15.2. The third-order valence-corrected chi connectivity index (χ3v) is 3.46. The van der Waals surface area contributed by atoms with E-state index < -0.39 is 0 Å². The van der Waals surface area contributed by atoms with E-state index in [0.29, 0.717) is 6.04 Å². The number of nitrogens with zero attached hydrogens (tertiary/aromatic N) is 2. The number of hydrogen-bond acceptors (Lipinski definition) is 3. The Bertz CT molecular complexity index is 165. The lowest BCUT2D eigenvalue weighted by Gasteiger charge is -2.32. The number of rotatable bonds is 7. The van der Waals surface area contributed by atoms with Gasteiger partial charge in [0.25, 0.3) is 0 Å². The van der Waals surface area contributed by atoms with Gasteiger partial charge in [0.2, 0.25) is 0 Å². The molecule has 0 aromatic carbocycles. The van der Waals surface area contributed by atoms with Crippen LogP contribution in [-0.4, -0.2) is 62.2 Å². The highest BCUT2D eigenvalue weighted by Crippen LogP contribution is 2.00. The van der Waals surface area contributed by atoms with Crippen molar-refractivity contribution in [2.45, 2.75) is 39.2 Å². The Morgan fingerprint density at radius 3 is 2.50 bits per heavy atom. The summed E-state index contributed by atoms with van der Waals surface area (Å²) in [6.45, 7) is 12.0. The molecule has 96 valence electrons. The minimum Gasteiger partial charge on any atom is -0.314 e. The Morgan fingerprint density at radius 1 is 1.19 bits per heavy atom. The van der Waals surface area contributed by atoms with E-state index in [9.17, 15) is 0 Å². The van der Waals surface area contributed by atoms with Crippen LogP contribution in [0.15, 0.2) is 0 Å². The van der Waals surface area contributed by atoms with Gasteiger partial charge in [0.1, 0.15) is 0 Å². The van der Waals surface area contributed by atoms with Gasteiger partial charge in [0, 0.05) is 32.2 Å². The minimum absolute atomic E-state index is 0.692. The minimum atomic E-state index is 0.692. The van der Waals surface area contributed by atoms with E-state index in [-0.39, 0.29) is 0 Å². The zero-order chi connectivity index (χ0) is 11.8. The van der Waals surface area contributed by atoms with Crippen molar-refractivity contribution in [3.63, 3.8) is 0 Å². The van der Waals surface area contributed by atoms with Gasteiger partial charge in [-0.3, -0.25) is 0 Å². The van der Waals surface area contributed by atoms with E-state index in [1.807, 2.05) is 0 Å². The van der Waals surface area contributed by atoms with Crippen molar-refractivity contribution in [3.8, 4) is 0 Å². The lowest BCUT2D eigenvalue weighted by atomic mass is 10.2. The molecule has 16 heavy (non-hydrogen) atoms. The number of nitrogens with one attached hydrogen (secondary N) is 1. The molecule has 0 radical (unpaired) electrons. The second-order valence-electron chi connectivity index (χ2n) is 5.14. The predicted octanol–water partition coefficient (Wildman–Crippen LogP) is 1.40. The molecular formula is C13H29N3. The second-order valence-corrected chi connectivity index (χ2v) is 5.14. The van der Waals surface area contributed by atoms with E-state index in [4.69, 9.17) is 0 Å². The fraction of sp³-hybridized carbons (Fsp3) is 1.00. The normalized spacial score (nSPS) is 21.2. The molecule has 1 heterocycles. The fourth-order valence-corrected chi connectivity index (χ4v) is 2.26. The summed E-state index contributed by atoms with van der Waals surface area (Å²) in [6, 6.07) is 0.692. The van der Waals surface area contributed by atoms with E-state index in [1.165, 1.54) is 58.5 Å². The molecular weight excluding hydrogens is 198 g/mol. The van der Waals surface area contributed by atoms with Crippen LogP contribution in [0.5, 0.6) is 0 Å². The Hall–Kier alpha value is -0.120. The van der Waals surface area contributed by atoms with Crippen molar-refractivity contribution in [3.05, 3.63) is 0 Å². The van der Waals surface area contributed by atoms with E-state index in [0.717, 1.165) is 0 Å². The molecule has 0 aliphatic carbocycles. The van der Waals surface area contributed by atoms with Crippen LogP contribution in [0.3, 0.4) is 0 Å². The van der Waals surface area contributed by atoms with Gasteiger partial charge >= 0.3 is 0 Å². The van der Waals surface area contributed by atoms with Crippen LogP contribution in [0.1, 0.15) is 33.1 Å². The van der Waals surface area contributed by atoms with Crippen molar-refractivity contribution in [2.24, 2.45) is 0 Å². The summed E-state index contributed by atoms with van der Waals surface area (Å²) in [6.07, 6.45) is 3.87. The molecule has 0 spiro atoms. The topological polar surface area (TPSA) is 18.5 Å². The predicted molar refractivity (Wildman–Crippen MR) is 70.9 cm³/mol. The highest BCUT2D eigenvalue weighted by Gasteiger charge is 2.12. The molecule has 1 saturated heterocycles. The van der Waals surface area contributed by atoms with Gasteiger partial charge < -0.3 is 15.1 Å². The summed E-state index contributed by atoms with van der Waals surface area (Å²) in [5.41, 5.74) is 0. The maximum atomic E-state index is 3.59. The quantitative estimate of drug-likeness (QED) is 0.663. The Balaban J connectivity index is 1.95. The zero-order valence-corrected chi connectivity index (χ0v) is 11.3. The molecule has 3 heteroatoms. The standard InChI is InChI=1S/C13H29N3/c1-4-6-13(2)14-7-5-8-16-11-9-15(3)10-12-16/h13-14H,4-12H2,1-3H3. The van der Waals surface area contributed by atoms with E-state index in [1.54, 1.807) is 0 Å². The van der Waals surface area contributed by atoms with Crippen molar-refractivity contribution in [2.75, 3.05) is 46.3 Å². The molecule has 0 amide bonds. The van der Waals surface area contributed by atoms with Crippen molar-refractivity contribution < 1.29 is 0 Å². The molecule has 1 fully saturated rings. The van der Waals surface area contributed by atoms with Gasteiger partial charge in [0.05, 0.1) is 0 Å². The molecule has 3 nitrogen and oxygen atoms in total. The third kappa shape index (κ3) is 5.83. The largest absolute Gasteiger partial charge is 0.314 e. The van der Waals surface area contributed by atoms with Crippen molar-refractivity contribution >= 4 is 0 Å². The molecule has 1 aliphatic rings. The average molecular weight is 227 g/mol. The average Bonchev–Trinajstić information content (AvgIpc) is 2.27. The molecule has 1 unspecified atom stereocenters. The monoisotopic (exact) mass is 227 g/mol. The summed E-state index contributed by atoms with van der Waals surface area (Å²) >= 11 is 0. The SMILES string of the molecule is CCCC(C)NCCCN1CCN(C)CC1. The molecule has 0 saturated carbocycles. The van der Waals surface area contributed by atoms with Crippen LogP contribution in [0.2, 0.25) is 0 Å². The fourth-order valence-electron chi connectivity index (χ4n) is 2.26. The molecule has 0 aromatic rings. The van der Waals surface area contributed by atoms with Gasteiger partial charge in [-0.05, 0) is 39.9 Å². The summed E-state index contributed by atoms with van der Waals surface area (Å²) in [5.74, 6) is 0. The lowest BCUT2D eigenvalue weighted by molar-refractivity contribution is 0.152. The van der Waals surface area contributed by atoms with Gasteiger partial charge in [-0.25, -0.2) is 0 Å². The first-order chi connectivity index (χ1) is 7.72.